The molecule has 0 fully saturated rings. The van der Waals surface area contributed by atoms with Crippen molar-refractivity contribution in [2.45, 2.75) is 213 Å². The molecular formula is C60H94O6. The number of allylic oxidation sites excluding steroid dienone is 22. The van der Waals surface area contributed by atoms with Gasteiger partial charge in [-0.25, -0.2) is 0 Å². The van der Waals surface area contributed by atoms with E-state index in [0.29, 0.717) is 12.8 Å². The topological polar surface area (TPSA) is 78.9 Å². The first-order chi connectivity index (χ1) is 32.5. The Hall–Kier alpha value is -4.45. The zero-order valence-electron chi connectivity index (χ0n) is 42.1. The lowest BCUT2D eigenvalue weighted by Gasteiger charge is -2.18. The maximum Gasteiger partial charge on any atom is 0.306 e. The summed E-state index contributed by atoms with van der Waals surface area (Å²) >= 11 is 0. The van der Waals surface area contributed by atoms with Gasteiger partial charge in [0.15, 0.2) is 6.10 Å². The molecule has 6 heteroatoms. The van der Waals surface area contributed by atoms with Crippen molar-refractivity contribution < 1.29 is 28.6 Å². The van der Waals surface area contributed by atoms with Crippen LogP contribution in [-0.2, 0) is 28.6 Å². The molecule has 0 rings (SSSR count). The van der Waals surface area contributed by atoms with Crippen LogP contribution in [0.5, 0.6) is 0 Å². The molecule has 0 amide bonds. The Morgan fingerprint density at radius 2 is 0.621 bits per heavy atom. The third kappa shape index (κ3) is 50.5. The van der Waals surface area contributed by atoms with Gasteiger partial charge in [0.05, 0.1) is 0 Å². The number of ether oxygens (including phenoxy) is 3. The molecule has 1 atom stereocenters. The molecule has 0 aromatic rings. The zero-order valence-corrected chi connectivity index (χ0v) is 42.1. The molecule has 0 radical (unpaired) electrons. The van der Waals surface area contributed by atoms with Crippen LogP contribution < -0.4 is 0 Å². The van der Waals surface area contributed by atoms with Gasteiger partial charge in [0, 0.05) is 19.3 Å². The quantitative estimate of drug-likeness (QED) is 0.0262. The van der Waals surface area contributed by atoms with Crippen molar-refractivity contribution in [1.29, 1.82) is 0 Å². The van der Waals surface area contributed by atoms with Crippen molar-refractivity contribution in [1.82, 2.24) is 0 Å². The Morgan fingerprint density at radius 3 is 0.985 bits per heavy atom. The highest BCUT2D eigenvalue weighted by Gasteiger charge is 2.19. The largest absolute Gasteiger partial charge is 0.462 e. The van der Waals surface area contributed by atoms with Gasteiger partial charge in [-0.15, -0.1) is 0 Å². The minimum atomic E-state index is -0.843. The Morgan fingerprint density at radius 1 is 0.318 bits per heavy atom. The highest BCUT2D eigenvalue weighted by molar-refractivity contribution is 5.71. The number of hydrogen-bond acceptors (Lipinski definition) is 6. The lowest BCUT2D eigenvalue weighted by atomic mass is 10.1. The van der Waals surface area contributed by atoms with Crippen molar-refractivity contribution in [3.05, 3.63) is 134 Å². The molecular weight excluding hydrogens is 817 g/mol. The molecule has 6 nitrogen and oxygen atoms in total. The lowest BCUT2D eigenvalue weighted by molar-refractivity contribution is -0.166. The molecule has 66 heavy (non-hydrogen) atoms. The summed E-state index contributed by atoms with van der Waals surface area (Å²) in [5.41, 5.74) is 0. The van der Waals surface area contributed by atoms with Gasteiger partial charge in [0.2, 0.25) is 0 Å². The average Bonchev–Trinajstić information content (AvgIpc) is 3.31. The molecule has 0 aromatic heterocycles. The Labute approximate surface area is 405 Å². The highest BCUT2D eigenvalue weighted by Crippen LogP contribution is 2.12. The molecule has 0 aromatic carbocycles. The fourth-order valence-electron chi connectivity index (χ4n) is 6.53. The predicted octanol–water partition coefficient (Wildman–Crippen LogP) is 17.5. The normalized spacial score (nSPS) is 13.2. The third-order valence-electron chi connectivity index (χ3n) is 10.4. The van der Waals surface area contributed by atoms with Gasteiger partial charge in [-0.2, -0.15) is 0 Å². The van der Waals surface area contributed by atoms with Crippen LogP contribution >= 0.6 is 0 Å². The van der Waals surface area contributed by atoms with Crippen molar-refractivity contribution >= 4 is 17.9 Å². The van der Waals surface area contributed by atoms with Crippen LogP contribution in [0.1, 0.15) is 207 Å². The van der Waals surface area contributed by atoms with Crippen LogP contribution in [0.25, 0.3) is 0 Å². The number of carbonyl (C=O) groups excluding carboxylic acids is 3. The van der Waals surface area contributed by atoms with Crippen LogP contribution in [-0.4, -0.2) is 37.2 Å². The lowest BCUT2D eigenvalue weighted by Crippen LogP contribution is -2.30. The summed E-state index contributed by atoms with van der Waals surface area (Å²) in [5, 5.41) is 0. The standard InChI is InChI=1S/C60H94O6/c1-4-7-10-13-16-19-22-25-27-29-30-31-33-35-38-41-44-47-50-53-59(62)65-56-57(55-64-58(61)52-49-46-43-40-37-34-24-21-18-15-12-9-6-3)66-60(63)54-51-48-45-42-39-36-32-28-26-23-20-17-14-11-8-5-2/h7-8,10-11,16-17,19-20,25-28,30-31,34-35,37-38,43-44,46-47,57H,4-6,9,12-15,18,21-24,29,32-33,36,39-42,45,48-56H2,1-3H3/b10-7+,11-8+,19-16+,20-17+,27-25+,28-26+,31-30+,37-34+,38-35+,46-43+,47-44+. The Balaban J connectivity index is 4.60. The van der Waals surface area contributed by atoms with E-state index in [1.807, 2.05) is 18.2 Å². The van der Waals surface area contributed by atoms with Gasteiger partial charge in [0.1, 0.15) is 13.2 Å². The summed E-state index contributed by atoms with van der Waals surface area (Å²) < 4.78 is 16.7. The van der Waals surface area contributed by atoms with Crippen LogP contribution in [0.15, 0.2) is 134 Å². The second-order valence-electron chi connectivity index (χ2n) is 16.7. The van der Waals surface area contributed by atoms with Gasteiger partial charge in [0.25, 0.3) is 0 Å². The van der Waals surface area contributed by atoms with E-state index in [9.17, 15) is 14.4 Å². The van der Waals surface area contributed by atoms with E-state index in [0.717, 1.165) is 103 Å². The smallest absolute Gasteiger partial charge is 0.306 e. The first-order valence-electron chi connectivity index (χ1n) is 26.2. The van der Waals surface area contributed by atoms with Crippen molar-refractivity contribution in [2.75, 3.05) is 13.2 Å². The average molecular weight is 911 g/mol. The summed E-state index contributed by atoms with van der Waals surface area (Å²) in [6.45, 7) is 6.25. The molecule has 0 bridgehead atoms. The van der Waals surface area contributed by atoms with Crippen LogP contribution in [0.3, 0.4) is 0 Å². The first kappa shape index (κ1) is 61.5. The van der Waals surface area contributed by atoms with E-state index in [-0.39, 0.29) is 50.4 Å². The molecule has 0 spiro atoms. The highest BCUT2D eigenvalue weighted by atomic mass is 16.6. The summed E-state index contributed by atoms with van der Waals surface area (Å²) in [6.07, 6.45) is 74.6. The number of rotatable bonds is 45. The van der Waals surface area contributed by atoms with Gasteiger partial charge in [-0.3, -0.25) is 14.4 Å². The number of esters is 3. The molecule has 0 saturated carbocycles. The second-order valence-corrected chi connectivity index (χ2v) is 16.7. The van der Waals surface area contributed by atoms with Crippen LogP contribution in [0.4, 0.5) is 0 Å². The molecule has 0 aliphatic carbocycles. The van der Waals surface area contributed by atoms with E-state index in [1.165, 1.54) is 51.4 Å². The third-order valence-corrected chi connectivity index (χ3v) is 10.4. The van der Waals surface area contributed by atoms with Crippen LogP contribution in [0, 0.1) is 0 Å². The maximum atomic E-state index is 12.8. The predicted molar refractivity (Wildman–Crippen MR) is 283 cm³/mol. The SMILES string of the molecule is CC/C=C/C/C=C/C/C=C/C/C=C/C/C=C/C/C=C/CCC(=O)OCC(COC(=O)CC/C=C/C/C=C/CCCCCCCC)OC(=O)CCCCCCCC/C=C/C/C=C/C/C=C/CC. The fraction of sp³-hybridized carbons (Fsp3) is 0.583. The number of hydrogen-bond donors (Lipinski definition) is 0. The summed E-state index contributed by atoms with van der Waals surface area (Å²) in [7, 11) is 0. The zero-order chi connectivity index (χ0) is 47.9. The Kier molecular flexibility index (Phi) is 49.6. The van der Waals surface area contributed by atoms with Crippen molar-refractivity contribution in [3.8, 4) is 0 Å². The second kappa shape index (κ2) is 53.2. The van der Waals surface area contributed by atoms with Crippen molar-refractivity contribution in [3.63, 3.8) is 0 Å². The molecule has 0 heterocycles. The number of carbonyl (C=O) groups is 3. The van der Waals surface area contributed by atoms with Gasteiger partial charge < -0.3 is 14.2 Å². The Bertz CT molecular complexity index is 1460. The van der Waals surface area contributed by atoms with E-state index in [4.69, 9.17) is 14.2 Å². The molecule has 0 aliphatic heterocycles. The monoisotopic (exact) mass is 911 g/mol. The summed E-state index contributed by atoms with van der Waals surface area (Å²) in [4.78, 5) is 37.9. The maximum absolute atomic E-state index is 12.8. The molecule has 0 aliphatic rings. The van der Waals surface area contributed by atoms with Gasteiger partial charge >= 0.3 is 17.9 Å². The molecule has 0 N–H and O–H groups in total. The summed E-state index contributed by atoms with van der Waals surface area (Å²) in [5.74, 6) is -1.11. The van der Waals surface area contributed by atoms with E-state index in [1.54, 1.807) is 0 Å². The number of unbranched alkanes of at least 4 members (excludes halogenated alkanes) is 12. The van der Waals surface area contributed by atoms with E-state index >= 15 is 0 Å². The van der Waals surface area contributed by atoms with Gasteiger partial charge in [-0.1, -0.05) is 212 Å². The van der Waals surface area contributed by atoms with Crippen LogP contribution in [0.2, 0.25) is 0 Å². The minimum Gasteiger partial charge on any atom is -0.462 e. The molecule has 0 saturated heterocycles. The van der Waals surface area contributed by atoms with E-state index < -0.39 is 6.10 Å². The first-order valence-corrected chi connectivity index (χ1v) is 26.2. The molecule has 1 unspecified atom stereocenters. The van der Waals surface area contributed by atoms with Crippen molar-refractivity contribution in [2.24, 2.45) is 0 Å². The van der Waals surface area contributed by atoms with E-state index in [2.05, 4.69) is 136 Å². The minimum absolute atomic E-state index is 0.142. The molecule has 370 valence electrons. The summed E-state index contributed by atoms with van der Waals surface area (Å²) in [6, 6.07) is 0. The van der Waals surface area contributed by atoms with Gasteiger partial charge in [-0.05, 0) is 109 Å². The fourth-order valence-corrected chi connectivity index (χ4v) is 6.53.